The van der Waals surface area contributed by atoms with Crippen molar-refractivity contribution < 1.29 is 23.5 Å². The number of carboxylic acids is 1. The van der Waals surface area contributed by atoms with Gasteiger partial charge in [-0.15, -0.1) is 0 Å². The summed E-state index contributed by atoms with van der Waals surface area (Å²) in [5.41, 5.74) is 0. The molecule has 2 aromatic heterocycles. The highest BCUT2D eigenvalue weighted by Crippen LogP contribution is 2.27. The first-order chi connectivity index (χ1) is 10.6. The maximum Gasteiger partial charge on any atom is 0.371 e. The first-order valence-electron chi connectivity index (χ1n) is 7.31. The van der Waals surface area contributed by atoms with Gasteiger partial charge in [-0.2, -0.15) is 0 Å². The highest BCUT2D eigenvalue weighted by Gasteiger charge is 2.30. The zero-order valence-corrected chi connectivity index (χ0v) is 12.0. The third-order valence-corrected chi connectivity index (χ3v) is 3.96. The zero-order chi connectivity index (χ0) is 15.5. The van der Waals surface area contributed by atoms with Crippen molar-refractivity contribution in [2.24, 2.45) is 0 Å². The number of rotatable bonds is 5. The predicted molar refractivity (Wildman–Crippen MR) is 76.5 cm³/mol. The number of carbonyl (C=O) groups excluding carboxylic acids is 1. The Bertz CT molecular complexity index is 652. The molecule has 0 unspecified atom stereocenters. The molecule has 0 aromatic carbocycles. The number of hydrogen-bond acceptors (Lipinski definition) is 4. The van der Waals surface area contributed by atoms with E-state index >= 15 is 0 Å². The standard InChI is InChI=1S/C16H17NO5/c18-15(13-7-8-14(22-13)16(19)20)17(11-4-1-2-5-11)10-12-6-3-9-21-12/h3,6-9,11H,1-2,4-5,10H2,(H,19,20). The molecule has 2 heterocycles. The van der Waals surface area contributed by atoms with Crippen LogP contribution in [0.3, 0.4) is 0 Å². The van der Waals surface area contributed by atoms with Gasteiger partial charge in [-0.05, 0) is 37.1 Å². The lowest BCUT2D eigenvalue weighted by molar-refractivity contribution is 0.0600. The normalized spacial score (nSPS) is 15.1. The largest absolute Gasteiger partial charge is 0.475 e. The average Bonchev–Trinajstić information content (AvgIpc) is 3.24. The summed E-state index contributed by atoms with van der Waals surface area (Å²) in [5.74, 6) is -0.956. The van der Waals surface area contributed by atoms with Crippen molar-refractivity contribution in [2.45, 2.75) is 38.3 Å². The molecule has 3 rings (SSSR count). The quantitative estimate of drug-likeness (QED) is 0.917. The van der Waals surface area contributed by atoms with Crippen LogP contribution in [-0.4, -0.2) is 27.9 Å². The fraction of sp³-hybridized carbons (Fsp3) is 0.375. The molecule has 0 radical (unpaired) electrons. The Kier molecular flexibility index (Phi) is 4.00. The van der Waals surface area contributed by atoms with Crippen molar-refractivity contribution in [1.29, 1.82) is 0 Å². The molecule has 0 saturated heterocycles. The van der Waals surface area contributed by atoms with Crippen LogP contribution in [0.5, 0.6) is 0 Å². The van der Waals surface area contributed by atoms with Crippen LogP contribution >= 0.6 is 0 Å². The van der Waals surface area contributed by atoms with Crippen LogP contribution in [0.25, 0.3) is 0 Å². The van der Waals surface area contributed by atoms with Gasteiger partial charge in [0.05, 0.1) is 12.8 Å². The molecule has 1 aliphatic rings. The summed E-state index contributed by atoms with van der Waals surface area (Å²) in [4.78, 5) is 25.3. The minimum absolute atomic E-state index is 0.0517. The van der Waals surface area contributed by atoms with E-state index in [2.05, 4.69) is 0 Å². The van der Waals surface area contributed by atoms with Crippen LogP contribution in [0.4, 0.5) is 0 Å². The van der Waals surface area contributed by atoms with Crippen LogP contribution in [-0.2, 0) is 6.54 Å². The summed E-state index contributed by atoms with van der Waals surface area (Å²) in [6.07, 6.45) is 5.64. The van der Waals surface area contributed by atoms with E-state index in [9.17, 15) is 9.59 Å². The van der Waals surface area contributed by atoms with E-state index in [1.807, 2.05) is 6.07 Å². The van der Waals surface area contributed by atoms with Crippen LogP contribution in [0.15, 0.2) is 39.4 Å². The Balaban J connectivity index is 1.83. The first-order valence-corrected chi connectivity index (χ1v) is 7.31. The highest BCUT2D eigenvalue weighted by atomic mass is 16.4. The second kappa shape index (κ2) is 6.09. The first kappa shape index (κ1) is 14.4. The fourth-order valence-electron chi connectivity index (χ4n) is 2.86. The second-order valence-corrected chi connectivity index (χ2v) is 5.42. The maximum atomic E-state index is 12.7. The number of aromatic carboxylic acids is 1. The van der Waals surface area contributed by atoms with E-state index in [0.29, 0.717) is 12.3 Å². The lowest BCUT2D eigenvalue weighted by atomic mass is 10.2. The Morgan fingerprint density at radius 2 is 1.91 bits per heavy atom. The van der Waals surface area contributed by atoms with Gasteiger partial charge >= 0.3 is 5.97 Å². The Labute approximate surface area is 127 Å². The highest BCUT2D eigenvalue weighted by molar-refractivity contribution is 5.93. The summed E-state index contributed by atoms with van der Waals surface area (Å²) in [7, 11) is 0. The molecule has 6 nitrogen and oxygen atoms in total. The van der Waals surface area contributed by atoms with E-state index in [1.165, 1.54) is 12.1 Å². The van der Waals surface area contributed by atoms with E-state index in [0.717, 1.165) is 25.7 Å². The van der Waals surface area contributed by atoms with Crippen molar-refractivity contribution in [3.63, 3.8) is 0 Å². The molecule has 0 aliphatic heterocycles. The molecule has 1 amide bonds. The van der Waals surface area contributed by atoms with Crippen molar-refractivity contribution in [1.82, 2.24) is 4.90 Å². The molecule has 1 saturated carbocycles. The minimum Gasteiger partial charge on any atom is -0.475 e. The number of furan rings is 2. The zero-order valence-electron chi connectivity index (χ0n) is 12.0. The summed E-state index contributed by atoms with van der Waals surface area (Å²) in [6, 6.07) is 6.45. The minimum atomic E-state index is -1.18. The van der Waals surface area contributed by atoms with Crippen molar-refractivity contribution in [3.8, 4) is 0 Å². The number of nitrogens with zero attached hydrogens (tertiary/aromatic N) is 1. The van der Waals surface area contributed by atoms with Crippen molar-refractivity contribution >= 4 is 11.9 Å². The molecule has 2 aromatic rings. The molecule has 1 fully saturated rings. The van der Waals surface area contributed by atoms with E-state index < -0.39 is 5.97 Å². The van der Waals surface area contributed by atoms with Crippen LogP contribution in [0, 0.1) is 0 Å². The van der Waals surface area contributed by atoms with E-state index in [4.69, 9.17) is 13.9 Å². The van der Waals surface area contributed by atoms with Gasteiger partial charge in [-0.25, -0.2) is 4.79 Å². The molecule has 1 aliphatic carbocycles. The van der Waals surface area contributed by atoms with Gasteiger partial charge in [0.25, 0.3) is 5.91 Å². The Hall–Kier alpha value is -2.50. The molecule has 1 N–H and O–H groups in total. The second-order valence-electron chi connectivity index (χ2n) is 5.42. The number of carboxylic acid groups (broad SMARTS) is 1. The smallest absolute Gasteiger partial charge is 0.371 e. The van der Waals surface area contributed by atoms with Gasteiger partial charge in [-0.1, -0.05) is 12.8 Å². The molecule has 6 heteroatoms. The Morgan fingerprint density at radius 1 is 1.18 bits per heavy atom. The van der Waals surface area contributed by atoms with Crippen molar-refractivity contribution in [3.05, 3.63) is 47.8 Å². The van der Waals surface area contributed by atoms with Crippen LogP contribution in [0.2, 0.25) is 0 Å². The van der Waals surface area contributed by atoms with Gasteiger partial charge in [0, 0.05) is 6.04 Å². The number of carbonyl (C=O) groups is 2. The topological polar surface area (TPSA) is 83.9 Å². The summed E-state index contributed by atoms with van der Waals surface area (Å²) in [6.45, 7) is 0.361. The fourth-order valence-corrected chi connectivity index (χ4v) is 2.86. The lowest BCUT2D eigenvalue weighted by Gasteiger charge is -2.27. The number of amides is 1. The monoisotopic (exact) mass is 303 g/mol. The molecule has 116 valence electrons. The lowest BCUT2D eigenvalue weighted by Crippen LogP contribution is -2.38. The van der Waals surface area contributed by atoms with Gasteiger partial charge in [0.1, 0.15) is 5.76 Å². The molecule has 0 bridgehead atoms. The van der Waals surface area contributed by atoms with E-state index in [1.54, 1.807) is 17.2 Å². The Morgan fingerprint density at radius 3 is 2.50 bits per heavy atom. The van der Waals surface area contributed by atoms with E-state index in [-0.39, 0.29) is 23.5 Å². The van der Waals surface area contributed by atoms with Crippen LogP contribution in [0.1, 0.15) is 52.6 Å². The predicted octanol–water partition coefficient (Wildman–Crippen LogP) is 3.16. The van der Waals surface area contributed by atoms with Crippen LogP contribution < -0.4 is 0 Å². The molecule has 0 atom stereocenters. The third-order valence-electron chi connectivity index (χ3n) is 3.96. The summed E-state index contributed by atoms with van der Waals surface area (Å²) < 4.78 is 10.5. The van der Waals surface area contributed by atoms with Gasteiger partial charge in [0.2, 0.25) is 5.76 Å². The molecular weight excluding hydrogens is 286 g/mol. The van der Waals surface area contributed by atoms with Gasteiger partial charge in [-0.3, -0.25) is 4.79 Å². The maximum absolute atomic E-state index is 12.7. The van der Waals surface area contributed by atoms with Gasteiger partial charge < -0.3 is 18.8 Å². The van der Waals surface area contributed by atoms with Crippen molar-refractivity contribution in [2.75, 3.05) is 0 Å². The molecule has 22 heavy (non-hydrogen) atoms. The molecule has 0 spiro atoms. The average molecular weight is 303 g/mol. The summed E-state index contributed by atoms with van der Waals surface area (Å²) in [5, 5.41) is 8.90. The van der Waals surface area contributed by atoms with Gasteiger partial charge in [0.15, 0.2) is 5.76 Å². The molecular formula is C16H17NO5. The third kappa shape index (κ3) is 2.90. The summed E-state index contributed by atoms with van der Waals surface area (Å²) >= 11 is 0. The SMILES string of the molecule is O=C(O)c1ccc(C(=O)N(Cc2ccco2)C2CCCC2)o1. The number of hydrogen-bond donors (Lipinski definition) is 1.